The second kappa shape index (κ2) is 6.10. The lowest BCUT2D eigenvalue weighted by atomic mass is 10.1. The van der Waals surface area contributed by atoms with Gasteiger partial charge >= 0.3 is 0 Å². The Morgan fingerprint density at radius 3 is 2.59 bits per heavy atom. The molecule has 112 valence electrons. The first kappa shape index (κ1) is 15.1. The Morgan fingerprint density at radius 1 is 1.23 bits per heavy atom. The normalized spacial score (nSPS) is 18.3. The molecular weight excluding hydrogens is 314 g/mol. The lowest BCUT2D eigenvalue weighted by Gasteiger charge is -2.23. The summed E-state index contributed by atoms with van der Waals surface area (Å²) >= 11 is 6.71. The molecule has 0 saturated carbocycles. The molecule has 2 aromatic rings. The average Bonchev–Trinajstić information content (AvgIpc) is 3.03. The summed E-state index contributed by atoms with van der Waals surface area (Å²) < 4.78 is 6.09. The Hall–Kier alpha value is -1.85. The van der Waals surface area contributed by atoms with Crippen LogP contribution in [0.1, 0.15) is 30.0 Å². The van der Waals surface area contributed by atoms with Gasteiger partial charge in [0.25, 0.3) is 5.91 Å². The molecule has 3 rings (SSSR count). The molecule has 1 amide bonds. The van der Waals surface area contributed by atoms with Crippen LogP contribution >= 0.6 is 24.0 Å². The number of amides is 1. The molecule has 1 atom stereocenters. The predicted octanol–water partition coefficient (Wildman–Crippen LogP) is 4.55. The van der Waals surface area contributed by atoms with Crippen molar-refractivity contribution in [3.8, 4) is 0 Å². The van der Waals surface area contributed by atoms with Gasteiger partial charge < -0.3 is 4.42 Å². The first-order valence-electron chi connectivity index (χ1n) is 6.94. The zero-order valence-electron chi connectivity index (χ0n) is 12.3. The average molecular weight is 329 g/mol. The fourth-order valence-corrected chi connectivity index (χ4v) is 3.75. The molecule has 0 spiro atoms. The number of hydrogen-bond acceptors (Lipinski definition) is 4. The minimum absolute atomic E-state index is 0.0691. The van der Waals surface area contributed by atoms with Crippen LogP contribution in [0.2, 0.25) is 0 Å². The van der Waals surface area contributed by atoms with Crippen molar-refractivity contribution in [2.45, 2.75) is 19.9 Å². The minimum Gasteiger partial charge on any atom is -0.462 e. The highest BCUT2D eigenvalue weighted by Gasteiger charge is 2.36. The largest absolute Gasteiger partial charge is 0.462 e. The lowest BCUT2D eigenvalue weighted by molar-refractivity contribution is -0.123. The number of carbonyl (C=O) groups is 1. The number of aryl methyl sites for hydroxylation is 1. The van der Waals surface area contributed by atoms with E-state index in [4.69, 9.17) is 16.6 Å². The van der Waals surface area contributed by atoms with Gasteiger partial charge in [-0.2, -0.15) is 0 Å². The molecule has 5 heteroatoms. The number of furan rings is 1. The van der Waals surface area contributed by atoms with Crippen molar-refractivity contribution >= 4 is 40.3 Å². The molecule has 3 nitrogen and oxygen atoms in total. The predicted molar refractivity (Wildman–Crippen MR) is 93.3 cm³/mol. The Morgan fingerprint density at radius 2 is 1.95 bits per heavy atom. The van der Waals surface area contributed by atoms with Crippen LogP contribution in [0.4, 0.5) is 0 Å². The van der Waals surface area contributed by atoms with Crippen LogP contribution in [0, 0.1) is 6.92 Å². The van der Waals surface area contributed by atoms with E-state index in [0.717, 1.165) is 11.3 Å². The topological polar surface area (TPSA) is 33.5 Å². The molecule has 1 saturated heterocycles. The fourth-order valence-electron chi connectivity index (χ4n) is 2.35. The number of thiocarbonyl (C=S) groups is 1. The van der Waals surface area contributed by atoms with Crippen molar-refractivity contribution in [1.82, 2.24) is 4.90 Å². The highest BCUT2D eigenvalue weighted by atomic mass is 32.2. The van der Waals surface area contributed by atoms with Gasteiger partial charge in [-0.1, -0.05) is 54.3 Å². The molecule has 1 aliphatic heterocycles. The van der Waals surface area contributed by atoms with Gasteiger partial charge in [0, 0.05) is 6.08 Å². The summed E-state index contributed by atoms with van der Waals surface area (Å²) in [5, 5.41) is 0. The summed E-state index contributed by atoms with van der Waals surface area (Å²) in [6.45, 7) is 3.86. The number of carbonyl (C=O) groups excluding carboxylic acids is 1. The zero-order valence-corrected chi connectivity index (χ0v) is 13.9. The van der Waals surface area contributed by atoms with E-state index in [0.29, 0.717) is 15.0 Å². The van der Waals surface area contributed by atoms with Crippen molar-refractivity contribution in [2.24, 2.45) is 0 Å². The molecule has 1 aromatic heterocycles. The molecule has 2 heterocycles. The zero-order chi connectivity index (χ0) is 15.7. The van der Waals surface area contributed by atoms with Crippen LogP contribution in [-0.4, -0.2) is 15.1 Å². The quantitative estimate of drug-likeness (QED) is 0.611. The van der Waals surface area contributed by atoms with E-state index < -0.39 is 0 Å². The lowest BCUT2D eigenvalue weighted by Crippen LogP contribution is -2.30. The maximum absolute atomic E-state index is 12.6. The summed E-state index contributed by atoms with van der Waals surface area (Å²) in [6, 6.07) is 13.5. The van der Waals surface area contributed by atoms with E-state index >= 15 is 0 Å². The maximum Gasteiger partial charge on any atom is 0.266 e. The summed E-state index contributed by atoms with van der Waals surface area (Å²) in [5.41, 5.74) is 1.06. The molecule has 1 aliphatic rings. The number of nitrogens with zero attached hydrogens (tertiary/aromatic N) is 1. The molecule has 1 aromatic carbocycles. The van der Waals surface area contributed by atoms with Crippen molar-refractivity contribution in [2.75, 3.05) is 0 Å². The maximum atomic E-state index is 12.6. The summed E-state index contributed by atoms with van der Waals surface area (Å²) in [6.07, 6.45) is 1.75. The van der Waals surface area contributed by atoms with Crippen molar-refractivity contribution in [1.29, 1.82) is 0 Å². The molecular formula is C17H15NO2S2. The van der Waals surface area contributed by atoms with E-state index in [9.17, 15) is 4.79 Å². The van der Waals surface area contributed by atoms with Gasteiger partial charge in [-0.25, -0.2) is 0 Å². The summed E-state index contributed by atoms with van der Waals surface area (Å²) in [4.78, 5) is 14.9. The highest BCUT2D eigenvalue weighted by molar-refractivity contribution is 8.26. The minimum atomic E-state index is -0.0852. The van der Waals surface area contributed by atoms with E-state index in [-0.39, 0.29) is 11.9 Å². The van der Waals surface area contributed by atoms with Crippen LogP contribution in [0.3, 0.4) is 0 Å². The number of hydrogen-bond donors (Lipinski definition) is 0. The van der Waals surface area contributed by atoms with Gasteiger partial charge in [0.2, 0.25) is 0 Å². The highest BCUT2D eigenvalue weighted by Crippen LogP contribution is 2.38. The van der Waals surface area contributed by atoms with E-state index in [1.165, 1.54) is 11.8 Å². The molecule has 0 N–H and O–H groups in total. The smallest absolute Gasteiger partial charge is 0.266 e. The van der Waals surface area contributed by atoms with Crippen molar-refractivity contribution in [3.63, 3.8) is 0 Å². The first-order valence-corrected chi connectivity index (χ1v) is 8.17. The third kappa shape index (κ3) is 2.87. The Balaban J connectivity index is 1.87. The van der Waals surface area contributed by atoms with Gasteiger partial charge in [0.1, 0.15) is 15.8 Å². The molecule has 0 aliphatic carbocycles. The number of rotatable bonds is 3. The van der Waals surface area contributed by atoms with E-state index in [2.05, 4.69) is 0 Å². The third-order valence-electron chi connectivity index (χ3n) is 3.53. The van der Waals surface area contributed by atoms with Gasteiger partial charge in [0.05, 0.1) is 10.9 Å². The summed E-state index contributed by atoms with van der Waals surface area (Å²) in [7, 11) is 0. The molecule has 1 fully saturated rings. The second-order valence-electron chi connectivity index (χ2n) is 5.09. The van der Waals surface area contributed by atoms with Gasteiger partial charge in [-0.15, -0.1) is 0 Å². The SMILES string of the molecule is Cc1ccc(/C=C2\SC(=S)N([C@H](C)c3ccccc3)C2=O)o1. The number of benzene rings is 1. The van der Waals surface area contributed by atoms with Crippen LogP contribution in [0.25, 0.3) is 6.08 Å². The van der Waals surface area contributed by atoms with Crippen molar-refractivity contribution < 1.29 is 9.21 Å². The van der Waals surface area contributed by atoms with E-state index in [1.54, 1.807) is 11.0 Å². The summed E-state index contributed by atoms with van der Waals surface area (Å²) in [5.74, 6) is 1.42. The molecule has 0 radical (unpaired) electrons. The fraction of sp³-hybridized carbons (Fsp3) is 0.176. The van der Waals surface area contributed by atoms with Crippen LogP contribution in [0.15, 0.2) is 51.8 Å². The van der Waals surface area contributed by atoms with E-state index in [1.807, 2.05) is 56.3 Å². The molecule has 0 unspecified atom stereocenters. The standard InChI is InChI=1S/C17H15NO2S2/c1-11-8-9-14(20-11)10-15-16(19)18(17(21)22-15)12(2)13-6-4-3-5-7-13/h3-10,12H,1-2H3/b15-10-/t12-/m1/s1. The molecule has 22 heavy (non-hydrogen) atoms. The Labute approximate surface area is 139 Å². The van der Waals surface area contributed by atoms with Gasteiger partial charge in [-0.3, -0.25) is 9.69 Å². The monoisotopic (exact) mass is 329 g/mol. The van der Waals surface area contributed by atoms with Crippen LogP contribution < -0.4 is 0 Å². The first-order chi connectivity index (χ1) is 10.6. The molecule has 0 bridgehead atoms. The van der Waals surface area contributed by atoms with Gasteiger partial charge in [0.15, 0.2) is 0 Å². The second-order valence-corrected chi connectivity index (χ2v) is 6.76. The van der Waals surface area contributed by atoms with Gasteiger partial charge in [-0.05, 0) is 31.5 Å². The van der Waals surface area contributed by atoms with Crippen molar-refractivity contribution in [3.05, 3.63) is 64.5 Å². The Bertz CT molecular complexity index is 749. The van der Waals surface area contributed by atoms with Crippen LogP contribution in [0.5, 0.6) is 0 Å². The Kier molecular flexibility index (Phi) is 4.18. The number of thioether (sulfide) groups is 1. The third-order valence-corrected chi connectivity index (χ3v) is 4.86. The van der Waals surface area contributed by atoms with Crippen LogP contribution in [-0.2, 0) is 4.79 Å².